The molecule has 2 aromatic rings. The van der Waals surface area contributed by atoms with Crippen molar-refractivity contribution in [2.24, 2.45) is 13.0 Å². The molecule has 0 amide bonds. The molecule has 4 heteroatoms. The monoisotopic (exact) mass is 371 g/mol. The lowest BCUT2D eigenvalue weighted by molar-refractivity contribution is 0.225. The van der Waals surface area contributed by atoms with Crippen molar-refractivity contribution in [2.45, 2.75) is 58.8 Å². The van der Waals surface area contributed by atoms with Crippen LogP contribution in [0.3, 0.4) is 0 Å². The second-order valence-corrected chi connectivity index (χ2v) is 7.79. The maximum atomic E-state index is 9.38. The maximum absolute atomic E-state index is 9.38. The second-order valence-electron chi connectivity index (χ2n) is 7.79. The van der Waals surface area contributed by atoms with Crippen LogP contribution in [0.1, 0.15) is 57.9 Å². The molecule has 3 rings (SSSR count). The molecule has 1 aliphatic rings. The summed E-state index contributed by atoms with van der Waals surface area (Å²) in [6.45, 7) is 5.69. The van der Waals surface area contributed by atoms with Gasteiger partial charge < -0.3 is 10.0 Å². The van der Waals surface area contributed by atoms with Crippen molar-refractivity contribution in [3.63, 3.8) is 0 Å². The molecule has 27 heavy (non-hydrogen) atoms. The molecule has 0 bridgehead atoms. The lowest BCUT2D eigenvalue weighted by atomic mass is 9.91. The Hall–Kier alpha value is -1.81. The van der Waals surface area contributed by atoms with Crippen LogP contribution in [0.5, 0.6) is 0 Å². The average Bonchev–Trinajstić information content (AvgIpc) is 3.11. The van der Waals surface area contributed by atoms with Crippen molar-refractivity contribution in [3.8, 4) is 11.1 Å². The summed E-state index contributed by atoms with van der Waals surface area (Å²) in [5.41, 5.74) is 4.92. The Morgan fingerprint density at radius 3 is 2.30 bits per heavy atom. The van der Waals surface area contributed by atoms with Crippen molar-refractivity contribution >= 4 is 5.69 Å². The van der Waals surface area contributed by atoms with Crippen LogP contribution >= 0.6 is 0 Å². The molecule has 0 fully saturated rings. The van der Waals surface area contributed by atoms with E-state index in [4.69, 9.17) is 0 Å². The van der Waals surface area contributed by atoms with Crippen LogP contribution in [0.15, 0.2) is 30.6 Å². The minimum Gasteiger partial charge on any atom is -0.396 e. The van der Waals surface area contributed by atoms with Crippen molar-refractivity contribution in [2.75, 3.05) is 25.1 Å². The number of rotatable bonds is 7. The van der Waals surface area contributed by atoms with E-state index in [2.05, 4.69) is 49.1 Å². The van der Waals surface area contributed by atoms with Gasteiger partial charge in [0.1, 0.15) is 0 Å². The summed E-state index contributed by atoms with van der Waals surface area (Å²) in [7, 11) is 4.02. The number of aryl methyl sites for hydroxylation is 1. The molecular weight excluding hydrogens is 334 g/mol. The quantitative estimate of drug-likeness (QED) is 0.692. The fourth-order valence-electron chi connectivity index (χ4n) is 3.71. The number of aromatic nitrogens is 2. The van der Waals surface area contributed by atoms with E-state index in [-0.39, 0.29) is 6.61 Å². The van der Waals surface area contributed by atoms with Gasteiger partial charge in [0, 0.05) is 50.6 Å². The normalized spacial score (nSPS) is 15.9. The van der Waals surface area contributed by atoms with Gasteiger partial charge in [-0.2, -0.15) is 5.10 Å². The van der Waals surface area contributed by atoms with E-state index in [1.165, 1.54) is 55.3 Å². The predicted octanol–water partition coefficient (Wildman–Crippen LogP) is 5.05. The van der Waals surface area contributed by atoms with E-state index in [1.54, 1.807) is 0 Å². The molecule has 0 saturated carbocycles. The Kier molecular flexibility index (Phi) is 8.86. The fourth-order valence-corrected chi connectivity index (χ4v) is 3.71. The minimum atomic E-state index is 0.251. The van der Waals surface area contributed by atoms with Crippen LogP contribution in [0, 0.1) is 5.92 Å². The summed E-state index contributed by atoms with van der Waals surface area (Å²) in [6.07, 6.45) is 13.3. The van der Waals surface area contributed by atoms with E-state index in [1.807, 2.05) is 24.1 Å². The third kappa shape index (κ3) is 6.39. The zero-order valence-electron chi connectivity index (χ0n) is 17.6. The number of unbranched alkanes of at least 4 members (excludes halogenated alkanes) is 5. The van der Waals surface area contributed by atoms with Gasteiger partial charge in [-0.05, 0) is 29.7 Å². The number of hydrogen-bond donors (Lipinski definition) is 1. The Balaban J connectivity index is 0.000000279. The van der Waals surface area contributed by atoms with Crippen LogP contribution in [0.4, 0.5) is 5.69 Å². The van der Waals surface area contributed by atoms with Gasteiger partial charge in [-0.3, -0.25) is 4.68 Å². The summed E-state index contributed by atoms with van der Waals surface area (Å²) in [5, 5.41) is 13.6. The summed E-state index contributed by atoms with van der Waals surface area (Å²) >= 11 is 0. The van der Waals surface area contributed by atoms with Crippen molar-refractivity contribution < 1.29 is 5.11 Å². The van der Waals surface area contributed by atoms with Gasteiger partial charge >= 0.3 is 0 Å². The zero-order valence-corrected chi connectivity index (χ0v) is 17.6. The SMILES string of the molecule is CCCCCCCC.CN1C[C@H](CO)Cc2cc(-c3cnn(C)c3)ccc21. The third-order valence-electron chi connectivity index (χ3n) is 5.28. The minimum absolute atomic E-state index is 0.251. The molecule has 1 aromatic carbocycles. The summed E-state index contributed by atoms with van der Waals surface area (Å²) in [4.78, 5) is 2.23. The molecule has 2 heterocycles. The van der Waals surface area contributed by atoms with Crippen LogP contribution < -0.4 is 4.90 Å². The van der Waals surface area contributed by atoms with E-state index in [0.717, 1.165) is 18.5 Å². The van der Waals surface area contributed by atoms with E-state index in [0.29, 0.717) is 5.92 Å². The zero-order chi connectivity index (χ0) is 19.6. The Morgan fingerprint density at radius 2 is 1.74 bits per heavy atom. The molecule has 0 unspecified atom stereocenters. The number of benzene rings is 1. The predicted molar refractivity (Wildman–Crippen MR) is 115 cm³/mol. The van der Waals surface area contributed by atoms with E-state index in [9.17, 15) is 5.11 Å². The van der Waals surface area contributed by atoms with Gasteiger partial charge in [0.05, 0.1) is 6.20 Å². The van der Waals surface area contributed by atoms with Gasteiger partial charge in [0.25, 0.3) is 0 Å². The molecular formula is C23H37N3O. The van der Waals surface area contributed by atoms with Crippen molar-refractivity contribution in [3.05, 3.63) is 36.2 Å². The summed E-state index contributed by atoms with van der Waals surface area (Å²) in [6, 6.07) is 6.54. The van der Waals surface area contributed by atoms with Gasteiger partial charge in [-0.15, -0.1) is 0 Å². The summed E-state index contributed by atoms with van der Waals surface area (Å²) in [5.74, 6) is 0.335. The van der Waals surface area contributed by atoms with E-state index < -0.39 is 0 Å². The van der Waals surface area contributed by atoms with Gasteiger partial charge in [0.2, 0.25) is 0 Å². The largest absolute Gasteiger partial charge is 0.396 e. The Labute approximate surface area is 165 Å². The molecule has 1 aliphatic heterocycles. The number of aliphatic hydroxyl groups excluding tert-OH is 1. The highest BCUT2D eigenvalue weighted by Crippen LogP contribution is 2.32. The molecule has 0 saturated heterocycles. The first-order valence-corrected chi connectivity index (χ1v) is 10.5. The Bertz CT molecular complexity index is 674. The molecule has 1 N–H and O–H groups in total. The van der Waals surface area contributed by atoms with E-state index >= 15 is 0 Å². The highest BCUT2D eigenvalue weighted by Gasteiger charge is 2.22. The number of hydrogen-bond acceptors (Lipinski definition) is 3. The first-order chi connectivity index (χ1) is 13.1. The lowest BCUT2D eigenvalue weighted by Gasteiger charge is -2.32. The average molecular weight is 372 g/mol. The molecule has 0 aliphatic carbocycles. The van der Waals surface area contributed by atoms with Crippen LogP contribution in [0.25, 0.3) is 11.1 Å². The van der Waals surface area contributed by atoms with Crippen molar-refractivity contribution in [1.29, 1.82) is 0 Å². The Morgan fingerprint density at radius 1 is 1.04 bits per heavy atom. The first kappa shape index (κ1) is 21.5. The molecule has 1 aromatic heterocycles. The van der Waals surface area contributed by atoms with Gasteiger partial charge in [0.15, 0.2) is 0 Å². The van der Waals surface area contributed by atoms with Crippen molar-refractivity contribution in [1.82, 2.24) is 9.78 Å². The van der Waals surface area contributed by atoms with Crippen LogP contribution in [-0.4, -0.2) is 35.1 Å². The lowest BCUT2D eigenvalue weighted by Crippen LogP contribution is -2.33. The fraction of sp³-hybridized carbons (Fsp3) is 0.609. The van der Waals surface area contributed by atoms with Gasteiger partial charge in [-0.25, -0.2) is 0 Å². The highest BCUT2D eigenvalue weighted by atomic mass is 16.3. The van der Waals surface area contributed by atoms with Crippen LogP contribution in [0.2, 0.25) is 0 Å². The first-order valence-electron chi connectivity index (χ1n) is 10.5. The molecule has 0 radical (unpaired) electrons. The third-order valence-corrected chi connectivity index (χ3v) is 5.28. The molecule has 1 atom stereocenters. The number of aliphatic hydroxyl groups is 1. The number of nitrogens with zero attached hydrogens (tertiary/aromatic N) is 3. The molecule has 0 spiro atoms. The van der Waals surface area contributed by atoms with Gasteiger partial charge in [-0.1, -0.05) is 58.4 Å². The topological polar surface area (TPSA) is 41.3 Å². The molecule has 4 nitrogen and oxygen atoms in total. The standard InChI is InChI=1S/C15H19N3O.C8H18/c1-17-8-11(10-19)5-13-6-12(3-4-15(13)17)14-7-16-18(2)9-14;1-3-5-7-8-6-4-2/h3-4,6-7,9,11,19H,5,8,10H2,1-2H3;3-8H2,1-2H3/t11-;/m1./s1. The second kappa shape index (κ2) is 11.1. The molecule has 150 valence electrons. The highest BCUT2D eigenvalue weighted by molar-refractivity contribution is 5.68. The summed E-state index contributed by atoms with van der Waals surface area (Å²) < 4.78 is 1.82. The maximum Gasteiger partial charge on any atom is 0.0568 e. The van der Waals surface area contributed by atoms with Crippen LogP contribution in [-0.2, 0) is 13.5 Å². The number of anilines is 1. The smallest absolute Gasteiger partial charge is 0.0568 e. The number of fused-ring (bicyclic) bond motifs is 1.